The van der Waals surface area contributed by atoms with E-state index in [1.54, 1.807) is 11.3 Å². The minimum Gasteiger partial charge on any atom is -0.308 e. The molecule has 6 nitrogen and oxygen atoms in total. The van der Waals surface area contributed by atoms with Gasteiger partial charge in [-0.1, -0.05) is 0 Å². The molecule has 0 amide bonds. The van der Waals surface area contributed by atoms with Crippen molar-refractivity contribution in [3.63, 3.8) is 0 Å². The third-order valence-electron chi connectivity index (χ3n) is 3.04. The zero-order chi connectivity index (χ0) is 13.8. The predicted octanol–water partition coefficient (Wildman–Crippen LogP) is 1.71. The van der Waals surface area contributed by atoms with Crippen molar-refractivity contribution in [3.8, 4) is 6.07 Å². The van der Waals surface area contributed by atoms with E-state index in [9.17, 15) is 0 Å². The number of nitriles is 1. The van der Waals surface area contributed by atoms with E-state index in [0.717, 1.165) is 10.2 Å². The van der Waals surface area contributed by atoms with Crippen LogP contribution in [0.2, 0.25) is 0 Å². The minimum atomic E-state index is 0.168. The molecule has 7 heteroatoms. The number of nitrogens with one attached hydrogen (secondary N) is 1. The summed E-state index contributed by atoms with van der Waals surface area (Å²) < 4.78 is 0. The van der Waals surface area contributed by atoms with Crippen LogP contribution in [0.5, 0.6) is 0 Å². The Balaban J connectivity index is 2.23. The van der Waals surface area contributed by atoms with E-state index in [2.05, 4.69) is 26.4 Å². The summed E-state index contributed by atoms with van der Waals surface area (Å²) in [7, 11) is 1.96. The van der Waals surface area contributed by atoms with Gasteiger partial charge in [0, 0.05) is 6.04 Å². The number of nitrogens with two attached hydrogens (primary N) is 1. The van der Waals surface area contributed by atoms with Crippen LogP contribution in [0.3, 0.4) is 0 Å². The quantitative estimate of drug-likeness (QED) is 0.638. The normalized spacial score (nSPS) is 12.6. The number of hydrazine groups is 1. The largest absolute Gasteiger partial charge is 0.308 e. The Morgan fingerprint density at radius 2 is 2.37 bits per heavy atom. The number of aromatic nitrogens is 2. The van der Waals surface area contributed by atoms with Gasteiger partial charge in [-0.2, -0.15) is 5.26 Å². The fourth-order valence-electron chi connectivity index (χ4n) is 1.75. The van der Waals surface area contributed by atoms with Crippen LogP contribution in [0.25, 0.3) is 10.2 Å². The summed E-state index contributed by atoms with van der Waals surface area (Å²) in [5.41, 5.74) is 2.61. The molecular weight excluding hydrogens is 260 g/mol. The second-order valence-corrected chi connectivity index (χ2v) is 5.29. The third-order valence-corrected chi connectivity index (χ3v) is 3.84. The van der Waals surface area contributed by atoms with Crippen LogP contribution in [0.4, 0.5) is 5.82 Å². The molecule has 0 saturated carbocycles. The molecule has 0 aliphatic heterocycles. The molecule has 0 aliphatic carbocycles. The maximum Gasteiger partial charge on any atom is 0.152 e. The summed E-state index contributed by atoms with van der Waals surface area (Å²) in [5, 5.41) is 11.6. The number of thiophene rings is 1. The Bertz CT molecular complexity index is 602. The van der Waals surface area contributed by atoms with Crippen LogP contribution in [-0.4, -0.2) is 28.0 Å². The summed E-state index contributed by atoms with van der Waals surface area (Å²) in [6, 6.07) is 4.28. The van der Waals surface area contributed by atoms with Gasteiger partial charge in [-0.05, 0) is 25.4 Å². The smallest absolute Gasteiger partial charge is 0.152 e. The Kier molecular flexibility index (Phi) is 4.27. The summed E-state index contributed by atoms with van der Waals surface area (Å²) in [6.07, 6.45) is 0.486. The second kappa shape index (κ2) is 5.93. The van der Waals surface area contributed by atoms with Gasteiger partial charge in [0.25, 0.3) is 0 Å². The highest BCUT2D eigenvalue weighted by Crippen LogP contribution is 2.24. The van der Waals surface area contributed by atoms with E-state index in [1.807, 2.05) is 25.4 Å². The second-order valence-electron chi connectivity index (χ2n) is 4.40. The van der Waals surface area contributed by atoms with Gasteiger partial charge in [0.05, 0.1) is 24.4 Å². The Morgan fingerprint density at radius 1 is 1.58 bits per heavy atom. The first-order valence-corrected chi connectivity index (χ1v) is 6.81. The Labute approximate surface area is 115 Å². The fourth-order valence-corrected chi connectivity index (χ4v) is 2.53. The topological polar surface area (TPSA) is 90.9 Å². The molecular formula is C12H16N6S. The van der Waals surface area contributed by atoms with E-state index < -0.39 is 0 Å². The average Bonchev–Trinajstić information content (AvgIpc) is 2.86. The molecule has 2 aromatic heterocycles. The van der Waals surface area contributed by atoms with E-state index in [0.29, 0.717) is 24.6 Å². The van der Waals surface area contributed by atoms with Gasteiger partial charge < -0.3 is 5.43 Å². The zero-order valence-corrected chi connectivity index (χ0v) is 11.7. The van der Waals surface area contributed by atoms with Gasteiger partial charge in [-0.15, -0.1) is 11.3 Å². The molecule has 0 saturated heterocycles. The van der Waals surface area contributed by atoms with Crippen LogP contribution < -0.4 is 11.3 Å². The van der Waals surface area contributed by atoms with Crippen molar-refractivity contribution in [2.45, 2.75) is 25.9 Å². The molecule has 100 valence electrons. The van der Waals surface area contributed by atoms with E-state index in [4.69, 9.17) is 11.1 Å². The summed E-state index contributed by atoms with van der Waals surface area (Å²) >= 11 is 1.56. The van der Waals surface area contributed by atoms with Crippen molar-refractivity contribution < 1.29 is 0 Å². The molecule has 0 bridgehead atoms. The number of nitrogens with zero attached hydrogens (tertiary/aromatic N) is 4. The highest BCUT2D eigenvalue weighted by molar-refractivity contribution is 7.16. The molecule has 0 aromatic carbocycles. The number of rotatable bonds is 5. The maximum atomic E-state index is 8.71. The number of anilines is 1. The zero-order valence-electron chi connectivity index (χ0n) is 10.9. The van der Waals surface area contributed by atoms with Crippen LogP contribution in [0.1, 0.15) is 19.2 Å². The van der Waals surface area contributed by atoms with Crippen molar-refractivity contribution in [2.75, 3.05) is 12.5 Å². The Morgan fingerprint density at radius 3 is 3.05 bits per heavy atom. The van der Waals surface area contributed by atoms with Gasteiger partial charge in [-0.25, -0.2) is 15.8 Å². The molecule has 19 heavy (non-hydrogen) atoms. The molecule has 1 atom stereocenters. The van der Waals surface area contributed by atoms with Gasteiger partial charge in [0.15, 0.2) is 5.82 Å². The molecule has 2 heterocycles. The molecule has 3 N–H and O–H groups in total. The maximum absolute atomic E-state index is 8.71. The molecule has 2 aromatic rings. The first-order chi connectivity index (χ1) is 9.15. The average molecular weight is 276 g/mol. The number of fused-ring (bicyclic) bond motifs is 1. The van der Waals surface area contributed by atoms with Crippen molar-refractivity contribution >= 4 is 27.4 Å². The lowest BCUT2D eigenvalue weighted by atomic mass is 10.2. The van der Waals surface area contributed by atoms with E-state index in [1.165, 1.54) is 0 Å². The molecule has 0 spiro atoms. The lowest BCUT2D eigenvalue weighted by Gasteiger charge is -2.21. The molecule has 0 radical (unpaired) electrons. The molecule has 0 fully saturated rings. The lowest BCUT2D eigenvalue weighted by Crippen LogP contribution is -2.29. The van der Waals surface area contributed by atoms with Crippen LogP contribution in [0.15, 0.2) is 11.4 Å². The fraction of sp³-hybridized carbons (Fsp3) is 0.417. The lowest BCUT2D eigenvalue weighted by molar-refractivity contribution is 0.247. The van der Waals surface area contributed by atoms with Crippen molar-refractivity contribution in [1.29, 1.82) is 5.26 Å². The van der Waals surface area contributed by atoms with Crippen molar-refractivity contribution in [3.05, 3.63) is 17.3 Å². The summed E-state index contributed by atoms with van der Waals surface area (Å²) in [5.74, 6) is 6.84. The number of hydrogen-bond donors (Lipinski definition) is 2. The van der Waals surface area contributed by atoms with E-state index in [-0.39, 0.29) is 6.04 Å². The number of hydrogen-bond acceptors (Lipinski definition) is 7. The van der Waals surface area contributed by atoms with Crippen LogP contribution >= 0.6 is 11.3 Å². The van der Waals surface area contributed by atoms with Gasteiger partial charge in [0.1, 0.15) is 10.7 Å². The van der Waals surface area contributed by atoms with Gasteiger partial charge >= 0.3 is 0 Å². The SMILES string of the molecule is CC(CC#N)N(C)Cc1nc(NN)c2ccsc2n1. The van der Waals surface area contributed by atoms with Crippen molar-refractivity contribution in [1.82, 2.24) is 14.9 Å². The van der Waals surface area contributed by atoms with Crippen LogP contribution in [0, 0.1) is 11.3 Å². The van der Waals surface area contributed by atoms with Gasteiger partial charge in [-0.3, -0.25) is 4.90 Å². The summed E-state index contributed by atoms with van der Waals surface area (Å²) in [4.78, 5) is 11.9. The molecule has 2 rings (SSSR count). The molecule has 0 aliphatic rings. The Hall–Kier alpha value is -1.75. The molecule has 1 unspecified atom stereocenters. The highest BCUT2D eigenvalue weighted by atomic mass is 32.1. The standard InChI is InChI=1S/C12H16N6S/c1-8(3-5-13)18(2)7-10-15-11(17-14)9-4-6-19-12(9)16-10/h4,6,8H,3,7,14H2,1-2H3,(H,15,16,17). The third kappa shape index (κ3) is 2.98. The first-order valence-electron chi connectivity index (χ1n) is 5.93. The monoisotopic (exact) mass is 276 g/mol. The van der Waals surface area contributed by atoms with Crippen LogP contribution in [-0.2, 0) is 6.54 Å². The van der Waals surface area contributed by atoms with Crippen molar-refractivity contribution in [2.24, 2.45) is 5.84 Å². The highest BCUT2D eigenvalue weighted by Gasteiger charge is 2.13. The first kappa shape index (κ1) is 13.7. The summed E-state index contributed by atoms with van der Waals surface area (Å²) in [6.45, 7) is 2.60. The minimum absolute atomic E-state index is 0.168. The van der Waals surface area contributed by atoms with Gasteiger partial charge in [0.2, 0.25) is 0 Å². The predicted molar refractivity (Wildman–Crippen MR) is 76.4 cm³/mol. The number of nitrogen functional groups attached to an aromatic ring is 1. The van der Waals surface area contributed by atoms with E-state index >= 15 is 0 Å².